The number of hydrogen-bond donors (Lipinski definition) is 1. The van der Waals surface area contributed by atoms with Gasteiger partial charge in [0.1, 0.15) is 5.82 Å². The standard InChI is InChI=1S/C20H26FN3O3/c1-19(12-17(23-27-19)15-3-2-4-16(21)11-15)18(25)22-13-20(5-6-20)14-24-7-9-26-10-8-24/h2-4,11H,5-10,12-14H2,1H3,(H,22,25). The van der Waals surface area contributed by atoms with E-state index in [4.69, 9.17) is 9.57 Å². The molecule has 0 spiro atoms. The molecule has 0 bridgehead atoms. The highest BCUT2D eigenvalue weighted by Gasteiger charge is 2.47. The number of rotatable bonds is 6. The van der Waals surface area contributed by atoms with Gasteiger partial charge in [-0.15, -0.1) is 0 Å². The van der Waals surface area contributed by atoms with Crippen molar-refractivity contribution < 1.29 is 18.8 Å². The molecular formula is C20H26FN3O3. The van der Waals surface area contributed by atoms with E-state index in [9.17, 15) is 9.18 Å². The molecule has 1 aromatic rings. The molecule has 0 aromatic heterocycles. The van der Waals surface area contributed by atoms with Crippen LogP contribution in [0.1, 0.15) is 31.7 Å². The van der Waals surface area contributed by atoms with Crippen LogP contribution >= 0.6 is 0 Å². The number of amides is 1. The highest BCUT2D eigenvalue weighted by atomic mass is 19.1. The van der Waals surface area contributed by atoms with Crippen LogP contribution in [0.15, 0.2) is 29.4 Å². The second-order valence-electron chi connectivity index (χ2n) is 8.12. The van der Waals surface area contributed by atoms with Gasteiger partial charge >= 0.3 is 0 Å². The number of nitrogens with zero attached hydrogens (tertiary/aromatic N) is 2. The Morgan fingerprint density at radius 3 is 2.81 bits per heavy atom. The molecule has 27 heavy (non-hydrogen) atoms. The summed E-state index contributed by atoms with van der Waals surface area (Å²) in [5.41, 5.74) is 0.379. The lowest BCUT2D eigenvalue weighted by Gasteiger charge is -2.31. The van der Waals surface area contributed by atoms with Gasteiger partial charge in [0.25, 0.3) is 5.91 Å². The van der Waals surface area contributed by atoms with Crippen molar-refractivity contribution in [2.45, 2.75) is 31.8 Å². The number of ether oxygens (including phenoxy) is 1. The maximum atomic E-state index is 13.4. The van der Waals surface area contributed by atoms with Crippen LogP contribution in [0.3, 0.4) is 0 Å². The van der Waals surface area contributed by atoms with Gasteiger partial charge in [0.05, 0.1) is 18.9 Å². The Balaban J connectivity index is 1.31. The molecule has 1 aromatic carbocycles. The summed E-state index contributed by atoms with van der Waals surface area (Å²) in [4.78, 5) is 20.6. The molecule has 1 N–H and O–H groups in total. The Bertz CT molecular complexity index is 744. The van der Waals surface area contributed by atoms with Crippen molar-refractivity contribution in [3.8, 4) is 0 Å². The zero-order chi connectivity index (χ0) is 18.9. The predicted octanol–water partition coefficient (Wildman–Crippen LogP) is 1.94. The quantitative estimate of drug-likeness (QED) is 0.825. The highest BCUT2D eigenvalue weighted by molar-refractivity contribution is 6.05. The van der Waals surface area contributed by atoms with E-state index in [1.54, 1.807) is 19.1 Å². The van der Waals surface area contributed by atoms with Crippen LogP contribution in [-0.4, -0.2) is 61.5 Å². The van der Waals surface area contributed by atoms with E-state index in [0.717, 1.165) is 45.7 Å². The number of carbonyl (C=O) groups excluding carboxylic acids is 1. The second kappa shape index (κ2) is 7.20. The third kappa shape index (κ3) is 4.14. The second-order valence-corrected chi connectivity index (χ2v) is 8.12. The molecule has 2 aliphatic heterocycles. The van der Waals surface area contributed by atoms with E-state index in [1.165, 1.54) is 12.1 Å². The van der Waals surface area contributed by atoms with Gasteiger partial charge in [0.2, 0.25) is 5.60 Å². The smallest absolute Gasteiger partial charge is 0.267 e. The van der Waals surface area contributed by atoms with Crippen molar-refractivity contribution in [1.82, 2.24) is 10.2 Å². The van der Waals surface area contributed by atoms with Gasteiger partial charge in [0.15, 0.2) is 0 Å². The van der Waals surface area contributed by atoms with Crippen LogP contribution in [0.4, 0.5) is 4.39 Å². The van der Waals surface area contributed by atoms with E-state index in [0.29, 0.717) is 24.2 Å². The average molecular weight is 375 g/mol. The Labute approximate surface area is 158 Å². The molecule has 1 saturated heterocycles. The van der Waals surface area contributed by atoms with Gasteiger partial charge in [-0.05, 0) is 31.9 Å². The predicted molar refractivity (Wildman–Crippen MR) is 99.0 cm³/mol. The minimum Gasteiger partial charge on any atom is -0.379 e. The zero-order valence-electron chi connectivity index (χ0n) is 15.7. The van der Waals surface area contributed by atoms with E-state index >= 15 is 0 Å². The van der Waals surface area contributed by atoms with Gasteiger partial charge in [-0.1, -0.05) is 17.3 Å². The minimum absolute atomic E-state index is 0.161. The average Bonchev–Trinajstić information content (AvgIpc) is 3.31. The van der Waals surface area contributed by atoms with E-state index in [2.05, 4.69) is 15.4 Å². The fourth-order valence-corrected chi connectivity index (χ4v) is 3.74. The van der Waals surface area contributed by atoms with Crippen molar-refractivity contribution in [2.75, 3.05) is 39.4 Å². The molecular weight excluding hydrogens is 349 g/mol. The topological polar surface area (TPSA) is 63.2 Å². The Morgan fingerprint density at radius 1 is 1.33 bits per heavy atom. The molecule has 0 radical (unpaired) electrons. The summed E-state index contributed by atoms with van der Waals surface area (Å²) < 4.78 is 18.8. The first-order valence-corrected chi connectivity index (χ1v) is 9.58. The van der Waals surface area contributed by atoms with E-state index in [-0.39, 0.29) is 17.1 Å². The zero-order valence-corrected chi connectivity index (χ0v) is 15.7. The Kier molecular flexibility index (Phi) is 4.90. The summed E-state index contributed by atoms with van der Waals surface area (Å²) in [5, 5.41) is 7.11. The maximum absolute atomic E-state index is 13.4. The van der Waals surface area contributed by atoms with Crippen molar-refractivity contribution in [3.05, 3.63) is 35.6 Å². The SMILES string of the molecule is CC1(C(=O)NCC2(CN3CCOCC3)CC2)CC(c2cccc(F)c2)=NO1. The summed E-state index contributed by atoms with van der Waals surface area (Å²) in [7, 11) is 0. The van der Waals surface area contributed by atoms with Gasteiger partial charge in [-0.25, -0.2) is 4.39 Å². The Morgan fingerprint density at radius 2 is 2.11 bits per heavy atom. The highest BCUT2D eigenvalue weighted by Crippen LogP contribution is 2.46. The van der Waals surface area contributed by atoms with Crippen molar-refractivity contribution in [2.24, 2.45) is 10.6 Å². The molecule has 2 heterocycles. The maximum Gasteiger partial charge on any atom is 0.267 e. The van der Waals surface area contributed by atoms with Crippen LogP contribution in [0, 0.1) is 11.2 Å². The van der Waals surface area contributed by atoms with Crippen LogP contribution in [0.5, 0.6) is 0 Å². The number of oxime groups is 1. The lowest BCUT2D eigenvalue weighted by atomic mass is 9.94. The summed E-state index contributed by atoms with van der Waals surface area (Å²) in [6.45, 7) is 6.88. The molecule has 1 aliphatic carbocycles. The molecule has 3 aliphatic rings. The normalized spacial score (nSPS) is 27.0. The number of hydrogen-bond acceptors (Lipinski definition) is 5. The number of benzene rings is 1. The van der Waals surface area contributed by atoms with E-state index < -0.39 is 5.60 Å². The minimum atomic E-state index is -1.04. The number of halogens is 1. The summed E-state index contributed by atoms with van der Waals surface area (Å²) in [5.74, 6) is -0.488. The van der Waals surface area contributed by atoms with Crippen LogP contribution in [-0.2, 0) is 14.4 Å². The molecule has 1 atom stereocenters. The van der Waals surface area contributed by atoms with Crippen molar-refractivity contribution in [1.29, 1.82) is 0 Å². The monoisotopic (exact) mass is 375 g/mol. The number of carbonyl (C=O) groups is 1. The summed E-state index contributed by atoms with van der Waals surface area (Å²) in [6.07, 6.45) is 2.60. The van der Waals surface area contributed by atoms with Gasteiger partial charge < -0.3 is 14.9 Å². The summed E-state index contributed by atoms with van der Waals surface area (Å²) >= 11 is 0. The fourth-order valence-electron chi connectivity index (χ4n) is 3.74. The van der Waals surface area contributed by atoms with Crippen molar-refractivity contribution >= 4 is 11.6 Å². The first kappa shape index (κ1) is 18.4. The molecule has 146 valence electrons. The fraction of sp³-hybridized carbons (Fsp3) is 0.600. The van der Waals surface area contributed by atoms with Crippen LogP contribution in [0.25, 0.3) is 0 Å². The molecule has 1 amide bonds. The molecule has 2 fully saturated rings. The molecule has 6 nitrogen and oxygen atoms in total. The summed E-state index contributed by atoms with van der Waals surface area (Å²) in [6, 6.07) is 6.20. The molecule has 4 rings (SSSR count). The van der Waals surface area contributed by atoms with E-state index in [1.807, 2.05) is 0 Å². The van der Waals surface area contributed by atoms with Crippen LogP contribution in [0.2, 0.25) is 0 Å². The largest absolute Gasteiger partial charge is 0.379 e. The number of nitrogens with one attached hydrogen (secondary N) is 1. The van der Waals surface area contributed by atoms with Gasteiger partial charge in [-0.3, -0.25) is 9.69 Å². The first-order valence-electron chi connectivity index (χ1n) is 9.58. The lowest BCUT2D eigenvalue weighted by molar-refractivity contribution is -0.142. The third-order valence-electron chi connectivity index (χ3n) is 5.74. The molecule has 1 saturated carbocycles. The van der Waals surface area contributed by atoms with Crippen LogP contribution < -0.4 is 5.32 Å². The Hall–Kier alpha value is -1.99. The molecule has 1 unspecified atom stereocenters. The third-order valence-corrected chi connectivity index (χ3v) is 5.74. The molecule has 7 heteroatoms. The number of morpholine rings is 1. The van der Waals surface area contributed by atoms with Gasteiger partial charge in [-0.2, -0.15) is 0 Å². The van der Waals surface area contributed by atoms with Crippen molar-refractivity contribution in [3.63, 3.8) is 0 Å². The lowest BCUT2D eigenvalue weighted by Crippen LogP contribution is -2.48. The van der Waals surface area contributed by atoms with Gasteiger partial charge in [0, 0.05) is 43.6 Å². The first-order chi connectivity index (χ1) is 13.0.